The molecule has 2 heterocycles. The zero-order valence-electron chi connectivity index (χ0n) is 18.1. The van der Waals surface area contributed by atoms with Crippen molar-refractivity contribution in [2.75, 3.05) is 6.61 Å². The first kappa shape index (κ1) is 17.0. The Hall–Kier alpha value is -2.08. The van der Waals surface area contributed by atoms with Crippen LogP contribution in [0.4, 0.5) is 0 Å². The first-order valence-corrected chi connectivity index (χ1v) is 9.37. The summed E-state index contributed by atoms with van der Waals surface area (Å²) in [6.07, 6.45) is 2.56. The number of esters is 1. The third-order valence-electron chi connectivity index (χ3n) is 4.16. The molecule has 6 nitrogen and oxygen atoms in total. The number of hydrogen-bond acceptors (Lipinski definition) is 5. The van der Waals surface area contributed by atoms with E-state index in [1.807, 2.05) is 6.92 Å². The van der Waals surface area contributed by atoms with Crippen molar-refractivity contribution in [3.05, 3.63) is 35.1 Å². The second-order valence-electron chi connectivity index (χ2n) is 7.94. The van der Waals surface area contributed by atoms with Gasteiger partial charge < -0.3 is 9.47 Å². The molecular formula is C20H26ClN3O3. The van der Waals surface area contributed by atoms with Crippen molar-refractivity contribution < 1.29 is 17.0 Å². The van der Waals surface area contributed by atoms with Crippen molar-refractivity contribution in [3.8, 4) is 11.7 Å². The van der Waals surface area contributed by atoms with E-state index in [-0.39, 0.29) is 22.7 Å². The third-order valence-corrected chi connectivity index (χ3v) is 4.44. The van der Waals surface area contributed by atoms with Crippen LogP contribution in [0.1, 0.15) is 66.4 Å². The Morgan fingerprint density at radius 1 is 1.37 bits per heavy atom. The van der Waals surface area contributed by atoms with Crippen molar-refractivity contribution in [2.45, 2.75) is 58.9 Å². The van der Waals surface area contributed by atoms with Gasteiger partial charge in [0.25, 0.3) is 0 Å². The van der Waals surface area contributed by atoms with E-state index in [1.165, 1.54) is 4.68 Å². The number of carbonyl (C=O) groups is 1. The van der Waals surface area contributed by atoms with Gasteiger partial charge in [0.1, 0.15) is 10.8 Å². The lowest BCUT2D eigenvalue weighted by molar-refractivity contribution is 0.00693. The number of pyridine rings is 1. The van der Waals surface area contributed by atoms with Crippen LogP contribution in [0.2, 0.25) is 5.15 Å². The fourth-order valence-electron chi connectivity index (χ4n) is 2.42. The molecule has 0 bridgehead atoms. The van der Waals surface area contributed by atoms with Crippen molar-refractivity contribution in [1.82, 2.24) is 14.8 Å². The second-order valence-corrected chi connectivity index (χ2v) is 8.30. The van der Waals surface area contributed by atoms with Gasteiger partial charge in [0, 0.05) is 15.0 Å². The summed E-state index contributed by atoms with van der Waals surface area (Å²) in [6.45, 7) is 7.55. The number of halogens is 1. The molecule has 0 atom stereocenters. The molecule has 0 unspecified atom stereocenters. The molecule has 0 aliphatic heterocycles. The number of rotatable bonds is 7. The molecule has 0 radical (unpaired) electrons. The predicted molar refractivity (Wildman–Crippen MR) is 104 cm³/mol. The molecule has 27 heavy (non-hydrogen) atoms. The lowest BCUT2D eigenvalue weighted by atomic mass is 10.0. The van der Waals surface area contributed by atoms with Gasteiger partial charge in [0.2, 0.25) is 5.88 Å². The lowest BCUT2D eigenvalue weighted by Gasteiger charge is -2.19. The van der Waals surface area contributed by atoms with E-state index in [2.05, 4.69) is 10.1 Å². The largest absolute Gasteiger partial charge is 0.477 e. The van der Waals surface area contributed by atoms with Gasteiger partial charge >= 0.3 is 5.97 Å². The van der Waals surface area contributed by atoms with Gasteiger partial charge in [-0.2, -0.15) is 0 Å². The van der Waals surface area contributed by atoms with Crippen LogP contribution in [0.25, 0.3) is 5.82 Å². The van der Waals surface area contributed by atoms with Crippen LogP contribution in [-0.2, 0) is 4.74 Å². The molecular weight excluding hydrogens is 366 g/mol. The van der Waals surface area contributed by atoms with Crippen LogP contribution in [0.3, 0.4) is 0 Å². The first-order valence-electron chi connectivity index (χ1n) is 9.99. The van der Waals surface area contributed by atoms with Gasteiger partial charge in [-0.05, 0) is 64.0 Å². The Morgan fingerprint density at radius 2 is 2.11 bits per heavy atom. The fourth-order valence-corrected chi connectivity index (χ4v) is 2.65. The molecule has 0 N–H and O–H groups in total. The van der Waals surface area contributed by atoms with Gasteiger partial charge in [-0.25, -0.2) is 14.5 Å². The van der Waals surface area contributed by atoms with Crippen LogP contribution in [0, 0.1) is 5.41 Å². The minimum atomic E-state index is -1.25. The number of hydrogen-bond donors (Lipinski definition) is 0. The zero-order chi connectivity index (χ0) is 21.4. The fraction of sp³-hybridized carbons (Fsp3) is 0.550. The van der Waals surface area contributed by atoms with E-state index in [4.69, 9.17) is 23.8 Å². The molecule has 1 saturated carbocycles. The highest BCUT2D eigenvalue weighted by Crippen LogP contribution is 2.48. The zero-order valence-corrected chi connectivity index (χ0v) is 16.8. The summed E-state index contributed by atoms with van der Waals surface area (Å²) in [7, 11) is 0. The van der Waals surface area contributed by atoms with Gasteiger partial charge in [0.15, 0.2) is 5.82 Å². The molecule has 2 aromatic heterocycles. The van der Waals surface area contributed by atoms with E-state index in [0.717, 1.165) is 12.8 Å². The highest BCUT2D eigenvalue weighted by Gasteiger charge is 2.36. The first-order chi connectivity index (χ1) is 13.4. The average Bonchev–Trinajstić information content (AvgIpc) is 3.19. The van der Waals surface area contributed by atoms with Crippen LogP contribution < -0.4 is 4.74 Å². The number of aromatic nitrogens is 3. The van der Waals surface area contributed by atoms with Crippen molar-refractivity contribution >= 4 is 17.6 Å². The smallest absolute Gasteiger partial charge is 0.341 e. The summed E-state index contributed by atoms with van der Waals surface area (Å²) in [5.41, 5.74) is -0.670. The van der Waals surface area contributed by atoms with Gasteiger partial charge in [-0.15, -0.1) is 5.10 Å². The summed E-state index contributed by atoms with van der Waals surface area (Å²) in [5.74, 6) is 0.263. The van der Waals surface area contributed by atoms with Crippen molar-refractivity contribution in [2.24, 2.45) is 5.41 Å². The van der Waals surface area contributed by atoms with Crippen LogP contribution in [0.5, 0.6) is 5.88 Å². The molecule has 0 saturated heterocycles. The molecule has 0 aromatic carbocycles. The van der Waals surface area contributed by atoms with E-state index in [9.17, 15) is 4.79 Å². The highest BCUT2D eigenvalue weighted by molar-refractivity contribution is 6.32. The second kappa shape index (κ2) is 7.50. The predicted octanol–water partition coefficient (Wildman–Crippen LogP) is 4.84. The minimum absolute atomic E-state index is 0.0283. The Morgan fingerprint density at radius 3 is 2.74 bits per heavy atom. The summed E-state index contributed by atoms with van der Waals surface area (Å²) in [6, 6.07) is 4.84. The molecule has 146 valence electrons. The Balaban J connectivity index is 1.63. The summed E-state index contributed by atoms with van der Waals surface area (Å²) >= 11 is 6.17. The molecule has 1 aliphatic carbocycles. The average molecular weight is 394 g/mol. The summed E-state index contributed by atoms with van der Waals surface area (Å²) in [5, 5.41) is 4.32. The van der Waals surface area contributed by atoms with Crippen molar-refractivity contribution in [3.63, 3.8) is 0 Å². The molecule has 1 aliphatic rings. The van der Waals surface area contributed by atoms with Gasteiger partial charge in [-0.3, -0.25) is 0 Å². The van der Waals surface area contributed by atoms with Crippen LogP contribution >= 0.6 is 11.6 Å². The van der Waals surface area contributed by atoms with E-state index >= 15 is 0 Å². The van der Waals surface area contributed by atoms with E-state index < -0.39 is 17.9 Å². The Labute approximate surface area is 167 Å². The molecule has 2 aromatic rings. The molecule has 0 spiro atoms. The molecule has 3 rings (SSSR count). The summed E-state index contributed by atoms with van der Waals surface area (Å²) in [4.78, 5) is 16.4. The maximum atomic E-state index is 12.2. The van der Waals surface area contributed by atoms with Crippen LogP contribution in [-0.4, -0.2) is 32.9 Å². The Bertz CT molecular complexity index is 905. The number of ether oxygens (including phenoxy) is 2. The molecule has 7 heteroatoms. The minimum Gasteiger partial charge on any atom is -0.477 e. The highest BCUT2D eigenvalue weighted by atomic mass is 35.5. The maximum absolute atomic E-state index is 12.2. The number of nitrogens with zero attached hydrogens (tertiary/aromatic N) is 3. The Kier molecular flexibility index (Phi) is 4.74. The molecule has 1 fully saturated rings. The normalized spacial score (nSPS) is 17.1. The van der Waals surface area contributed by atoms with Gasteiger partial charge in [0.05, 0.1) is 12.2 Å². The molecule has 0 amide bonds. The monoisotopic (exact) mass is 393 g/mol. The van der Waals surface area contributed by atoms with E-state index in [1.54, 1.807) is 45.2 Å². The quantitative estimate of drug-likeness (QED) is 0.497. The standard InChI is InChI=1S/C20H26ClN3O3/c1-19(2,3)27-18(25)14-6-7-15(22-17(14)21)24-12-8-16(23-24)26-13-5-9-20(4)10-11-20/h6-8,12H,5,9-11,13H2,1-4H3/i9D2. The third kappa shape index (κ3) is 5.45. The topological polar surface area (TPSA) is 66.2 Å². The maximum Gasteiger partial charge on any atom is 0.341 e. The van der Waals surface area contributed by atoms with Gasteiger partial charge in [-0.1, -0.05) is 18.5 Å². The van der Waals surface area contributed by atoms with E-state index in [0.29, 0.717) is 18.1 Å². The van der Waals surface area contributed by atoms with Crippen molar-refractivity contribution in [1.29, 1.82) is 0 Å². The summed E-state index contributed by atoms with van der Waals surface area (Å²) < 4.78 is 28.8. The lowest BCUT2D eigenvalue weighted by Crippen LogP contribution is -2.24. The SMILES string of the molecule is [2H]C([2H])(CCOc1ccn(-c2ccc(C(=O)OC(C)(C)C)c(Cl)n2)n1)C1(C)CC1. The number of carbonyl (C=O) groups excluding carboxylic acids is 1. The van der Waals surface area contributed by atoms with Crippen LogP contribution in [0.15, 0.2) is 24.4 Å².